The molecule has 4 heteroatoms. The lowest BCUT2D eigenvalue weighted by atomic mass is 9.93. The molecule has 1 aromatic carbocycles. The minimum Gasteiger partial charge on any atom is -0.387 e. The zero-order valence-electron chi connectivity index (χ0n) is 13.2. The topological polar surface area (TPSA) is 52.6 Å². The Kier molecular flexibility index (Phi) is 5.01. The van der Waals surface area contributed by atoms with E-state index in [4.69, 9.17) is 0 Å². The van der Waals surface area contributed by atoms with Gasteiger partial charge >= 0.3 is 0 Å². The third-order valence-electron chi connectivity index (χ3n) is 3.83. The van der Waals surface area contributed by atoms with Crippen molar-refractivity contribution in [3.63, 3.8) is 0 Å². The Morgan fingerprint density at radius 3 is 2.52 bits per heavy atom. The number of hydrogen-bond acceptors (Lipinski definition) is 3. The van der Waals surface area contributed by atoms with Gasteiger partial charge in [-0.15, -0.1) is 0 Å². The highest BCUT2D eigenvalue weighted by Gasteiger charge is 2.37. The first-order valence-electron chi connectivity index (χ1n) is 7.59. The van der Waals surface area contributed by atoms with Gasteiger partial charge in [0.05, 0.1) is 11.5 Å². The van der Waals surface area contributed by atoms with E-state index in [0.29, 0.717) is 12.5 Å². The lowest BCUT2D eigenvalue weighted by molar-refractivity contribution is -0.124. The van der Waals surface area contributed by atoms with Crippen molar-refractivity contribution in [1.82, 2.24) is 10.2 Å². The average Bonchev–Trinajstić information content (AvgIpc) is 3.21. The van der Waals surface area contributed by atoms with Gasteiger partial charge in [-0.05, 0) is 45.3 Å². The van der Waals surface area contributed by atoms with Crippen LogP contribution in [-0.4, -0.2) is 48.7 Å². The second kappa shape index (κ2) is 6.58. The van der Waals surface area contributed by atoms with E-state index in [1.807, 2.05) is 49.3 Å². The Bertz CT molecular complexity index is 467. The molecule has 0 saturated heterocycles. The Labute approximate surface area is 127 Å². The number of carbonyl (C=O) groups is 1. The van der Waals surface area contributed by atoms with E-state index in [0.717, 1.165) is 18.4 Å². The van der Waals surface area contributed by atoms with Gasteiger partial charge in [-0.1, -0.05) is 30.3 Å². The first-order valence-corrected chi connectivity index (χ1v) is 7.59. The predicted molar refractivity (Wildman–Crippen MR) is 84.1 cm³/mol. The zero-order chi connectivity index (χ0) is 15.5. The molecule has 0 heterocycles. The van der Waals surface area contributed by atoms with Crippen LogP contribution in [0, 0.1) is 5.92 Å². The van der Waals surface area contributed by atoms with Crippen LogP contribution in [0.25, 0.3) is 0 Å². The monoisotopic (exact) mass is 290 g/mol. The second-order valence-corrected chi connectivity index (χ2v) is 6.68. The molecule has 0 radical (unpaired) electrons. The Morgan fingerprint density at radius 2 is 2.00 bits per heavy atom. The Morgan fingerprint density at radius 1 is 1.38 bits per heavy atom. The maximum Gasteiger partial charge on any atom is 0.227 e. The molecule has 1 aliphatic carbocycles. The summed E-state index contributed by atoms with van der Waals surface area (Å²) in [6, 6.07) is 9.94. The lowest BCUT2D eigenvalue weighted by Gasteiger charge is -2.28. The molecule has 2 unspecified atom stereocenters. The number of aliphatic hydroxyl groups is 1. The Hall–Kier alpha value is -1.39. The third kappa shape index (κ3) is 4.83. The molecule has 0 aromatic heterocycles. The van der Waals surface area contributed by atoms with Crippen molar-refractivity contribution >= 4 is 5.91 Å². The van der Waals surface area contributed by atoms with Gasteiger partial charge in [0.15, 0.2) is 0 Å². The van der Waals surface area contributed by atoms with E-state index in [1.54, 1.807) is 6.92 Å². The van der Waals surface area contributed by atoms with Crippen LogP contribution < -0.4 is 5.32 Å². The minimum atomic E-state index is -0.913. The highest BCUT2D eigenvalue weighted by atomic mass is 16.3. The number of rotatable bonds is 7. The van der Waals surface area contributed by atoms with E-state index in [2.05, 4.69) is 5.32 Å². The predicted octanol–water partition coefficient (Wildman–Crippen LogP) is 1.61. The van der Waals surface area contributed by atoms with Gasteiger partial charge in [0, 0.05) is 13.1 Å². The summed E-state index contributed by atoms with van der Waals surface area (Å²) in [4.78, 5) is 14.4. The summed E-state index contributed by atoms with van der Waals surface area (Å²) in [5.41, 5.74) is 0.161. The van der Waals surface area contributed by atoms with Gasteiger partial charge in [0.2, 0.25) is 5.91 Å². The molecule has 0 bridgehead atoms. The van der Waals surface area contributed by atoms with Crippen LogP contribution in [-0.2, 0) is 4.79 Å². The van der Waals surface area contributed by atoms with Crippen LogP contribution >= 0.6 is 0 Å². The summed E-state index contributed by atoms with van der Waals surface area (Å²) < 4.78 is 0. The molecule has 0 aliphatic heterocycles. The van der Waals surface area contributed by atoms with Crippen LogP contribution in [0.5, 0.6) is 0 Å². The summed E-state index contributed by atoms with van der Waals surface area (Å²) in [5, 5.41) is 13.2. The number of hydrogen-bond donors (Lipinski definition) is 2. The molecule has 116 valence electrons. The largest absolute Gasteiger partial charge is 0.387 e. The van der Waals surface area contributed by atoms with E-state index in [9.17, 15) is 9.90 Å². The molecule has 0 spiro atoms. The number of carbonyl (C=O) groups excluding carboxylic acids is 1. The molecular formula is C17H26N2O2. The molecular weight excluding hydrogens is 264 g/mol. The van der Waals surface area contributed by atoms with E-state index < -0.39 is 5.60 Å². The van der Waals surface area contributed by atoms with Crippen LogP contribution in [0.1, 0.15) is 31.2 Å². The van der Waals surface area contributed by atoms with Crippen molar-refractivity contribution in [2.24, 2.45) is 5.92 Å². The summed E-state index contributed by atoms with van der Waals surface area (Å²) in [6.45, 7) is 2.55. The molecule has 1 aliphatic rings. The number of likely N-dealkylation sites (N-methyl/N-ethyl adjacent to an activating group) is 1. The van der Waals surface area contributed by atoms with Gasteiger partial charge in [0.25, 0.3) is 0 Å². The molecule has 2 atom stereocenters. The van der Waals surface area contributed by atoms with Crippen molar-refractivity contribution < 1.29 is 9.90 Å². The highest BCUT2D eigenvalue weighted by Crippen LogP contribution is 2.42. The fourth-order valence-electron chi connectivity index (χ4n) is 2.85. The molecule has 1 fully saturated rings. The van der Waals surface area contributed by atoms with Crippen LogP contribution in [0.3, 0.4) is 0 Å². The van der Waals surface area contributed by atoms with Crippen molar-refractivity contribution in [3.8, 4) is 0 Å². The fraction of sp³-hybridized carbons (Fsp3) is 0.588. The Balaban J connectivity index is 1.97. The highest BCUT2D eigenvalue weighted by molar-refractivity contribution is 5.84. The summed E-state index contributed by atoms with van der Waals surface area (Å²) in [6.07, 6.45) is 2.22. The lowest BCUT2D eigenvalue weighted by Crippen LogP contribution is -2.48. The molecule has 1 aromatic rings. The molecule has 21 heavy (non-hydrogen) atoms. The van der Waals surface area contributed by atoms with Gasteiger partial charge in [-0.3, -0.25) is 4.79 Å². The van der Waals surface area contributed by atoms with Crippen molar-refractivity contribution in [2.45, 2.75) is 31.3 Å². The third-order valence-corrected chi connectivity index (χ3v) is 3.83. The molecule has 2 rings (SSSR count). The molecule has 1 amide bonds. The smallest absolute Gasteiger partial charge is 0.227 e. The minimum absolute atomic E-state index is 0.0303. The van der Waals surface area contributed by atoms with Crippen LogP contribution in [0.2, 0.25) is 0 Å². The quantitative estimate of drug-likeness (QED) is 0.802. The van der Waals surface area contributed by atoms with Gasteiger partial charge in [-0.2, -0.15) is 0 Å². The normalized spacial score (nSPS) is 19.1. The van der Waals surface area contributed by atoms with Crippen LogP contribution in [0.4, 0.5) is 0 Å². The van der Waals surface area contributed by atoms with E-state index >= 15 is 0 Å². The van der Waals surface area contributed by atoms with E-state index in [-0.39, 0.29) is 18.4 Å². The number of nitrogens with one attached hydrogen (secondary N) is 1. The SMILES string of the molecule is CN(C)CC(C)(O)CNC(=O)C(c1ccccc1)C1CC1. The summed E-state index contributed by atoms with van der Waals surface area (Å²) in [5.74, 6) is 0.398. The molecule has 1 saturated carbocycles. The van der Waals surface area contributed by atoms with Gasteiger partial charge in [-0.25, -0.2) is 0 Å². The van der Waals surface area contributed by atoms with Crippen molar-refractivity contribution in [1.29, 1.82) is 0 Å². The second-order valence-electron chi connectivity index (χ2n) is 6.68. The van der Waals surface area contributed by atoms with Gasteiger partial charge in [0.1, 0.15) is 0 Å². The average molecular weight is 290 g/mol. The zero-order valence-corrected chi connectivity index (χ0v) is 13.2. The first kappa shape index (κ1) is 16.0. The van der Waals surface area contributed by atoms with Crippen molar-refractivity contribution in [3.05, 3.63) is 35.9 Å². The number of benzene rings is 1. The maximum atomic E-state index is 12.5. The fourth-order valence-corrected chi connectivity index (χ4v) is 2.85. The maximum absolute atomic E-state index is 12.5. The van der Waals surface area contributed by atoms with Crippen molar-refractivity contribution in [2.75, 3.05) is 27.2 Å². The standard InChI is InChI=1S/C17H26N2O2/c1-17(21,12-19(2)3)11-18-16(20)15(14-9-10-14)13-7-5-4-6-8-13/h4-8,14-15,21H,9-12H2,1-3H3,(H,18,20). The van der Waals surface area contributed by atoms with Gasteiger partial charge < -0.3 is 15.3 Å². The summed E-state index contributed by atoms with van der Waals surface area (Å²) >= 11 is 0. The molecule has 4 nitrogen and oxygen atoms in total. The summed E-state index contributed by atoms with van der Waals surface area (Å²) in [7, 11) is 3.82. The van der Waals surface area contributed by atoms with E-state index in [1.165, 1.54) is 0 Å². The number of amides is 1. The molecule has 2 N–H and O–H groups in total. The number of nitrogens with zero attached hydrogens (tertiary/aromatic N) is 1. The first-order chi connectivity index (χ1) is 9.89. The van der Waals surface area contributed by atoms with Crippen LogP contribution in [0.15, 0.2) is 30.3 Å².